The van der Waals surface area contributed by atoms with E-state index in [1.54, 1.807) is 6.07 Å². The second-order valence-corrected chi connectivity index (χ2v) is 8.80. The molecule has 3 rings (SSSR count). The molecule has 2 aromatic rings. The molecule has 1 heterocycles. The standard InChI is InChI=1S/C22H28N4O4S/c23-17(21(28)30-15-8-1-2-9-15)10-4-6-13-5-3-7-14(11-13)18-12-16(19(24)27)20(31-18)26-22(25)29/h3,5,7,11-12,15,17H,1-2,4,6,8-10,23H2,(H2,24,27)(H3,25,26,29)/t17-/m0/s1. The van der Waals surface area contributed by atoms with Crippen LogP contribution < -0.4 is 22.5 Å². The molecule has 8 nitrogen and oxygen atoms in total. The predicted molar refractivity (Wildman–Crippen MR) is 121 cm³/mol. The molecule has 0 saturated heterocycles. The summed E-state index contributed by atoms with van der Waals surface area (Å²) in [5, 5.41) is 2.77. The molecule has 1 aromatic heterocycles. The van der Waals surface area contributed by atoms with Crippen molar-refractivity contribution < 1.29 is 19.1 Å². The molecule has 0 aliphatic heterocycles. The summed E-state index contributed by atoms with van der Waals surface area (Å²) in [5.41, 5.74) is 18.8. The molecule has 0 unspecified atom stereocenters. The van der Waals surface area contributed by atoms with E-state index in [4.69, 9.17) is 21.9 Å². The number of esters is 1. The molecule has 1 atom stereocenters. The monoisotopic (exact) mass is 444 g/mol. The maximum Gasteiger partial charge on any atom is 0.323 e. The van der Waals surface area contributed by atoms with Crippen LogP contribution in [-0.4, -0.2) is 30.1 Å². The molecule has 1 aliphatic rings. The van der Waals surface area contributed by atoms with Crippen molar-refractivity contribution in [1.29, 1.82) is 0 Å². The van der Waals surface area contributed by atoms with E-state index in [0.717, 1.165) is 54.5 Å². The number of carbonyl (C=O) groups is 3. The van der Waals surface area contributed by atoms with Gasteiger partial charge < -0.3 is 21.9 Å². The van der Waals surface area contributed by atoms with E-state index in [9.17, 15) is 14.4 Å². The highest BCUT2D eigenvalue weighted by Crippen LogP contribution is 2.35. The number of hydrogen-bond donors (Lipinski definition) is 4. The zero-order valence-corrected chi connectivity index (χ0v) is 18.1. The molecule has 0 bridgehead atoms. The van der Waals surface area contributed by atoms with Crippen molar-refractivity contribution in [2.75, 3.05) is 5.32 Å². The molecule has 31 heavy (non-hydrogen) atoms. The van der Waals surface area contributed by atoms with Gasteiger partial charge in [0, 0.05) is 4.88 Å². The van der Waals surface area contributed by atoms with Gasteiger partial charge in [-0.1, -0.05) is 24.3 Å². The first-order chi connectivity index (χ1) is 14.8. The number of nitrogens with two attached hydrogens (primary N) is 3. The molecule has 7 N–H and O–H groups in total. The van der Waals surface area contributed by atoms with Crippen LogP contribution in [0.15, 0.2) is 30.3 Å². The van der Waals surface area contributed by atoms with Crippen molar-refractivity contribution in [3.8, 4) is 10.4 Å². The van der Waals surface area contributed by atoms with E-state index >= 15 is 0 Å². The normalized spacial score (nSPS) is 14.9. The highest BCUT2D eigenvalue weighted by atomic mass is 32.1. The minimum Gasteiger partial charge on any atom is -0.461 e. The summed E-state index contributed by atoms with van der Waals surface area (Å²) in [4.78, 5) is 35.8. The molecular formula is C22H28N4O4S. The molecule has 1 aliphatic carbocycles. The Morgan fingerprint density at radius 2 is 1.90 bits per heavy atom. The van der Waals surface area contributed by atoms with Gasteiger partial charge in [0.25, 0.3) is 5.91 Å². The number of aryl methyl sites for hydroxylation is 1. The van der Waals surface area contributed by atoms with Crippen LogP contribution in [0.5, 0.6) is 0 Å². The van der Waals surface area contributed by atoms with Crippen molar-refractivity contribution >= 4 is 34.2 Å². The highest BCUT2D eigenvalue weighted by molar-refractivity contribution is 7.20. The summed E-state index contributed by atoms with van der Waals surface area (Å²) in [5.74, 6) is -0.950. The van der Waals surface area contributed by atoms with Crippen LogP contribution in [-0.2, 0) is 16.0 Å². The Morgan fingerprint density at radius 1 is 1.16 bits per heavy atom. The minimum absolute atomic E-state index is 0.0280. The van der Waals surface area contributed by atoms with Crippen LogP contribution in [0.3, 0.4) is 0 Å². The first-order valence-corrected chi connectivity index (χ1v) is 11.2. The number of amides is 3. The highest BCUT2D eigenvalue weighted by Gasteiger charge is 2.23. The Balaban J connectivity index is 1.59. The number of rotatable bonds is 9. The number of nitrogens with one attached hydrogen (secondary N) is 1. The lowest BCUT2D eigenvalue weighted by molar-refractivity contribution is -0.150. The van der Waals surface area contributed by atoms with Crippen molar-refractivity contribution in [3.63, 3.8) is 0 Å². The lowest BCUT2D eigenvalue weighted by atomic mass is 10.0. The van der Waals surface area contributed by atoms with Gasteiger partial charge in [0.05, 0.1) is 5.56 Å². The number of ether oxygens (including phenoxy) is 1. The van der Waals surface area contributed by atoms with E-state index in [2.05, 4.69) is 5.32 Å². The number of hydrogen-bond acceptors (Lipinski definition) is 6. The van der Waals surface area contributed by atoms with Gasteiger partial charge in [-0.3, -0.25) is 14.9 Å². The first kappa shape index (κ1) is 22.8. The third kappa shape index (κ3) is 6.28. The number of benzene rings is 1. The van der Waals surface area contributed by atoms with Crippen LogP contribution in [0.1, 0.15) is 54.4 Å². The number of urea groups is 1. The molecule has 3 amide bonds. The molecular weight excluding hydrogens is 416 g/mol. The van der Waals surface area contributed by atoms with Crippen LogP contribution in [0.4, 0.5) is 9.80 Å². The first-order valence-electron chi connectivity index (χ1n) is 10.4. The summed E-state index contributed by atoms with van der Waals surface area (Å²) in [7, 11) is 0. The van der Waals surface area contributed by atoms with Gasteiger partial charge in [-0.15, -0.1) is 11.3 Å². The number of thiophene rings is 1. The van der Waals surface area contributed by atoms with Crippen molar-refractivity contribution in [1.82, 2.24) is 0 Å². The molecule has 1 saturated carbocycles. The van der Waals surface area contributed by atoms with E-state index in [-0.39, 0.29) is 17.6 Å². The average Bonchev–Trinajstić information content (AvgIpc) is 3.37. The number of carbonyl (C=O) groups excluding carboxylic acids is 3. The molecule has 0 spiro atoms. The molecule has 1 fully saturated rings. The topological polar surface area (TPSA) is 151 Å². The van der Waals surface area contributed by atoms with Crippen molar-refractivity contribution in [3.05, 3.63) is 41.5 Å². The van der Waals surface area contributed by atoms with E-state index in [1.165, 1.54) is 11.3 Å². The maximum atomic E-state index is 12.1. The molecule has 0 radical (unpaired) electrons. The zero-order chi connectivity index (χ0) is 22.4. The van der Waals surface area contributed by atoms with Gasteiger partial charge in [0.15, 0.2) is 0 Å². The minimum atomic E-state index is -0.757. The van der Waals surface area contributed by atoms with Crippen molar-refractivity contribution in [2.45, 2.75) is 57.1 Å². The largest absolute Gasteiger partial charge is 0.461 e. The molecule has 9 heteroatoms. The van der Waals surface area contributed by atoms with Gasteiger partial charge >= 0.3 is 12.0 Å². The van der Waals surface area contributed by atoms with Gasteiger partial charge in [-0.05, 0) is 62.1 Å². The molecule has 166 valence electrons. The van der Waals surface area contributed by atoms with E-state index in [0.29, 0.717) is 11.4 Å². The maximum absolute atomic E-state index is 12.1. The van der Waals surface area contributed by atoms with Gasteiger partial charge in [0.2, 0.25) is 0 Å². The van der Waals surface area contributed by atoms with E-state index in [1.807, 2.05) is 24.3 Å². The second kappa shape index (κ2) is 10.4. The summed E-state index contributed by atoms with van der Waals surface area (Å²) in [6.45, 7) is 0. The Hall–Kier alpha value is -2.91. The summed E-state index contributed by atoms with van der Waals surface area (Å²) in [6, 6.07) is 8.12. The third-order valence-corrected chi connectivity index (χ3v) is 6.41. The van der Waals surface area contributed by atoms with Crippen LogP contribution in [0.25, 0.3) is 10.4 Å². The lowest BCUT2D eigenvalue weighted by Gasteiger charge is -2.15. The fourth-order valence-corrected chi connectivity index (χ4v) is 4.77. The average molecular weight is 445 g/mol. The summed E-state index contributed by atoms with van der Waals surface area (Å²) in [6.07, 6.45) is 6.15. The predicted octanol–water partition coefficient (Wildman–Crippen LogP) is 3.14. The second-order valence-electron chi connectivity index (χ2n) is 7.75. The summed E-state index contributed by atoms with van der Waals surface area (Å²) >= 11 is 1.23. The Kier molecular flexibility index (Phi) is 7.64. The Labute approximate surface area is 185 Å². The Bertz CT molecular complexity index is 953. The van der Waals surface area contributed by atoms with Crippen LogP contribution in [0.2, 0.25) is 0 Å². The van der Waals surface area contributed by atoms with Gasteiger partial charge in [0.1, 0.15) is 17.1 Å². The lowest BCUT2D eigenvalue weighted by Crippen LogP contribution is -2.34. The Morgan fingerprint density at radius 3 is 2.58 bits per heavy atom. The molecule has 1 aromatic carbocycles. The third-order valence-electron chi connectivity index (χ3n) is 5.31. The fourth-order valence-electron chi connectivity index (χ4n) is 3.70. The van der Waals surface area contributed by atoms with E-state index < -0.39 is 18.0 Å². The van der Waals surface area contributed by atoms with Crippen LogP contribution in [0, 0.1) is 0 Å². The SMILES string of the molecule is NC(=O)Nc1sc(-c2cccc(CCC[C@H](N)C(=O)OC3CCCC3)c2)cc1C(N)=O. The zero-order valence-electron chi connectivity index (χ0n) is 17.3. The number of anilines is 1. The van der Waals surface area contributed by atoms with Gasteiger partial charge in [-0.2, -0.15) is 0 Å². The summed E-state index contributed by atoms with van der Waals surface area (Å²) < 4.78 is 5.47. The smallest absolute Gasteiger partial charge is 0.323 e. The van der Waals surface area contributed by atoms with Crippen molar-refractivity contribution in [2.24, 2.45) is 17.2 Å². The fraction of sp³-hybridized carbons (Fsp3) is 0.409. The number of primary amides is 2. The van der Waals surface area contributed by atoms with Crippen LogP contribution >= 0.6 is 11.3 Å². The van der Waals surface area contributed by atoms with Gasteiger partial charge in [-0.25, -0.2) is 4.79 Å². The quantitative estimate of drug-likeness (QED) is 0.438.